The van der Waals surface area contributed by atoms with Crippen LogP contribution >= 0.6 is 11.8 Å². The summed E-state index contributed by atoms with van der Waals surface area (Å²) in [6, 6.07) is 21.2. The highest BCUT2D eigenvalue weighted by Gasteiger charge is 2.35. The third kappa shape index (κ3) is 6.40. The largest absolute Gasteiger partial charge is 0.444 e. The number of thioether (sulfide) groups is 1. The van der Waals surface area contributed by atoms with Crippen LogP contribution in [0.25, 0.3) is 21.7 Å². The van der Waals surface area contributed by atoms with E-state index in [1.807, 2.05) is 99.3 Å². The Balaban J connectivity index is 1.47. The first kappa shape index (κ1) is 28.7. The quantitative estimate of drug-likeness (QED) is 0.168. The topological polar surface area (TPSA) is 93.5 Å². The fraction of sp³-hybridized carbons (Fsp3) is 0.375. The minimum absolute atomic E-state index is 0.0646. The lowest BCUT2D eigenvalue weighted by atomic mass is 10.1. The summed E-state index contributed by atoms with van der Waals surface area (Å²) in [4.78, 5) is 46.9. The average Bonchev–Trinajstić information content (AvgIpc) is 3.42. The Bertz CT molecular complexity index is 1630. The van der Waals surface area contributed by atoms with Gasteiger partial charge in [0.1, 0.15) is 10.9 Å². The maximum atomic E-state index is 14.2. The summed E-state index contributed by atoms with van der Waals surface area (Å²) < 4.78 is 7.04. The zero-order chi connectivity index (χ0) is 29.1. The zero-order valence-corrected chi connectivity index (χ0v) is 24.7. The van der Waals surface area contributed by atoms with Crippen LogP contribution in [0, 0.1) is 0 Å². The monoisotopic (exact) mass is 572 g/mol. The van der Waals surface area contributed by atoms with Crippen LogP contribution in [0.15, 0.2) is 76.7 Å². The highest BCUT2D eigenvalue weighted by Crippen LogP contribution is 2.38. The number of hydrogen-bond acceptors (Lipinski definition) is 6. The molecule has 0 spiro atoms. The van der Waals surface area contributed by atoms with Gasteiger partial charge in [-0.25, -0.2) is 9.78 Å². The van der Waals surface area contributed by atoms with Crippen molar-refractivity contribution in [3.63, 3.8) is 0 Å². The zero-order valence-electron chi connectivity index (χ0n) is 23.9. The molecular formula is C32H36N4O4S. The molecule has 1 aliphatic rings. The predicted molar refractivity (Wildman–Crippen MR) is 163 cm³/mol. The lowest BCUT2D eigenvalue weighted by molar-refractivity contribution is -0.131. The second kappa shape index (κ2) is 11.9. The van der Waals surface area contributed by atoms with Crippen molar-refractivity contribution in [3.8, 4) is 0 Å². The molecule has 3 aromatic carbocycles. The standard InChI is InChI=1S/C32H36N4O4S/c1-5-35-28(37)25-18-22-14-9-10-15-23(22)19-26(25)34-30(35)41-27(21-12-7-6-8-13-21)29(38)36-17-11-16-24(36)20-33-31(39)40-32(2,3)4/h6-10,12-15,18-19,24,27H,5,11,16-17,20H2,1-4H3,(H,33,39)/t24-,27?/m1/s1. The van der Waals surface area contributed by atoms with Gasteiger partial charge in [-0.2, -0.15) is 0 Å². The van der Waals surface area contributed by atoms with Crippen molar-refractivity contribution >= 4 is 45.4 Å². The van der Waals surface area contributed by atoms with Gasteiger partial charge in [0.2, 0.25) is 5.91 Å². The number of alkyl carbamates (subject to hydrolysis) is 1. The summed E-state index contributed by atoms with van der Waals surface area (Å²) in [6.45, 7) is 8.71. The molecule has 214 valence electrons. The van der Waals surface area contributed by atoms with Gasteiger partial charge in [0.05, 0.1) is 10.9 Å². The fourth-order valence-corrected chi connectivity index (χ4v) is 6.49. The van der Waals surface area contributed by atoms with E-state index in [9.17, 15) is 14.4 Å². The van der Waals surface area contributed by atoms with Gasteiger partial charge in [-0.3, -0.25) is 14.2 Å². The molecule has 1 saturated heterocycles. The molecule has 2 heterocycles. The number of amides is 2. The second-order valence-corrected chi connectivity index (χ2v) is 12.4. The van der Waals surface area contributed by atoms with Gasteiger partial charge in [0.25, 0.3) is 5.56 Å². The highest BCUT2D eigenvalue weighted by atomic mass is 32.2. The van der Waals surface area contributed by atoms with Gasteiger partial charge in [0.15, 0.2) is 5.16 Å². The number of fused-ring (bicyclic) bond motifs is 2. The number of rotatable bonds is 7. The van der Waals surface area contributed by atoms with Crippen molar-refractivity contribution in [1.29, 1.82) is 0 Å². The summed E-state index contributed by atoms with van der Waals surface area (Å²) in [5, 5.41) is 5.28. The first-order chi connectivity index (χ1) is 19.6. The molecule has 41 heavy (non-hydrogen) atoms. The number of likely N-dealkylation sites (tertiary alicyclic amines) is 1. The first-order valence-electron chi connectivity index (χ1n) is 14.1. The number of aromatic nitrogens is 2. The molecule has 8 nitrogen and oxygen atoms in total. The van der Waals surface area contributed by atoms with Crippen molar-refractivity contribution in [3.05, 3.63) is 82.6 Å². The number of nitrogens with zero attached hydrogens (tertiary/aromatic N) is 3. The van der Waals surface area contributed by atoms with Crippen molar-refractivity contribution < 1.29 is 14.3 Å². The summed E-state index contributed by atoms with van der Waals surface area (Å²) in [6.07, 6.45) is 1.14. The molecule has 9 heteroatoms. The molecule has 0 aliphatic carbocycles. The van der Waals surface area contributed by atoms with Gasteiger partial charge < -0.3 is 15.0 Å². The molecule has 4 aromatic rings. The Labute approximate surface area is 244 Å². The van der Waals surface area contributed by atoms with E-state index in [0.29, 0.717) is 35.7 Å². The Morgan fingerprint density at radius 1 is 1.07 bits per heavy atom. The third-order valence-electron chi connectivity index (χ3n) is 7.19. The Morgan fingerprint density at radius 2 is 1.76 bits per heavy atom. The molecule has 1 aromatic heterocycles. The smallest absolute Gasteiger partial charge is 0.407 e. The van der Waals surface area contributed by atoms with E-state index in [4.69, 9.17) is 9.72 Å². The van der Waals surface area contributed by atoms with E-state index in [1.54, 1.807) is 4.57 Å². The van der Waals surface area contributed by atoms with Crippen LogP contribution in [-0.2, 0) is 16.1 Å². The lowest BCUT2D eigenvalue weighted by Crippen LogP contribution is -2.45. The van der Waals surface area contributed by atoms with Crippen LogP contribution in [-0.4, -0.2) is 51.2 Å². The van der Waals surface area contributed by atoms with Crippen LogP contribution in [0.2, 0.25) is 0 Å². The molecule has 2 amide bonds. The van der Waals surface area contributed by atoms with Gasteiger partial charge in [-0.15, -0.1) is 0 Å². The first-order valence-corrected chi connectivity index (χ1v) is 14.9. The van der Waals surface area contributed by atoms with Gasteiger partial charge in [-0.1, -0.05) is 66.4 Å². The molecule has 0 bridgehead atoms. The highest BCUT2D eigenvalue weighted by molar-refractivity contribution is 8.00. The molecular weight excluding hydrogens is 536 g/mol. The number of carbonyl (C=O) groups excluding carboxylic acids is 2. The van der Waals surface area contributed by atoms with E-state index >= 15 is 0 Å². The number of ether oxygens (including phenoxy) is 1. The summed E-state index contributed by atoms with van der Waals surface area (Å²) in [5.74, 6) is -0.0646. The molecule has 0 radical (unpaired) electrons. The predicted octanol–water partition coefficient (Wildman–Crippen LogP) is 5.92. The molecule has 1 N–H and O–H groups in total. The SMILES string of the molecule is CCn1c(SC(C(=O)N2CCC[C@@H]2CNC(=O)OC(C)(C)C)c2ccccc2)nc2cc3ccccc3cc2c1=O. The van der Waals surface area contributed by atoms with Crippen molar-refractivity contribution in [2.24, 2.45) is 0 Å². The molecule has 1 fully saturated rings. The van der Waals surface area contributed by atoms with Crippen LogP contribution in [0.4, 0.5) is 4.79 Å². The van der Waals surface area contributed by atoms with E-state index in [1.165, 1.54) is 11.8 Å². The van der Waals surface area contributed by atoms with Crippen LogP contribution < -0.4 is 10.9 Å². The maximum absolute atomic E-state index is 14.2. The minimum Gasteiger partial charge on any atom is -0.444 e. The van der Waals surface area contributed by atoms with E-state index in [0.717, 1.165) is 29.2 Å². The molecule has 1 unspecified atom stereocenters. The Morgan fingerprint density at radius 3 is 2.44 bits per heavy atom. The lowest BCUT2D eigenvalue weighted by Gasteiger charge is -2.29. The van der Waals surface area contributed by atoms with E-state index in [-0.39, 0.29) is 17.5 Å². The molecule has 1 aliphatic heterocycles. The number of carbonyl (C=O) groups is 2. The summed E-state index contributed by atoms with van der Waals surface area (Å²) >= 11 is 1.31. The summed E-state index contributed by atoms with van der Waals surface area (Å²) in [7, 11) is 0. The van der Waals surface area contributed by atoms with Crippen molar-refractivity contribution in [2.45, 2.75) is 69.1 Å². The van der Waals surface area contributed by atoms with Gasteiger partial charge in [0, 0.05) is 25.7 Å². The van der Waals surface area contributed by atoms with Crippen molar-refractivity contribution in [2.75, 3.05) is 13.1 Å². The van der Waals surface area contributed by atoms with E-state index in [2.05, 4.69) is 5.32 Å². The van der Waals surface area contributed by atoms with Crippen LogP contribution in [0.3, 0.4) is 0 Å². The molecule has 2 atom stereocenters. The average molecular weight is 573 g/mol. The third-order valence-corrected chi connectivity index (χ3v) is 8.43. The number of hydrogen-bond donors (Lipinski definition) is 1. The molecule has 0 saturated carbocycles. The minimum atomic E-state index is -0.610. The van der Waals surface area contributed by atoms with Crippen LogP contribution in [0.1, 0.15) is 51.3 Å². The van der Waals surface area contributed by atoms with Crippen LogP contribution in [0.5, 0.6) is 0 Å². The number of nitrogens with one attached hydrogen (secondary N) is 1. The fourth-order valence-electron chi connectivity index (χ4n) is 5.25. The maximum Gasteiger partial charge on any atom is 0.407 e. The summed E-state index contributed by atoms with van der Waals surface area (Å²) in [5.41, 5.74) is 0.730. The molecule has 5 rings (SSSR count). The van der Waals surface area contributed by atoms with Gasteiger partial charge in [-0.05, 0) is 69.0 Å². The Kier molecular flexibility index (Phi) is 8.35. The van der Waals surface area contributed by atoms with Gasteiger partial charge >= 0.3 is 6.09 Å². The second-order valence-electron chi connectivity index (χ2n) is 11.3. The Hall–Kier alpha value is -3.85. The van der Waals surface area contributed by atoms with E-state index < -0.39 is 16.9 Å². The number of benzene rings is 3. The van der Waals surface area contributed by atoms with Crippen molar-refractivity contribution in [1.82, 2.24) is 19.8 Å². The normalized spacial score (nSPS) is 16.2.